The van der Waals surface area contributed by atoms with Crippen molar-refractivity contribution in [3.05, 3.63) is 46.9 Å². The number of carbonyl (C=O) groups is 1. The number of nitrogens with one attached hydrogen (secondary N) is 2. The quantitative estimate of drug-likeness (QED) is 0.441. The molecule has 1 aromatic carbocycles. The van der Waals surface area contributed by atoms with Gasteiger partial charge in [0.15, 0.2) is 5.82 Å². The van der Waals surface area contributed by atoms with Crippen LogP contribution >= 0.6 is 0 Å². The van der Waals surface area contributed by atoms with Crippen molar-refractivity contribution in [2.24, 2.45) is 5.92 Å². The second kappa shape index (κ2) is 11.0. The normalized spacial score (nSPS) is 18.1. The number of aromatic amines is 1. The van der Waals surface area contributed by atoms with Crippen LogP contribution in [0.2, 0.25) is 0 Å². The van der Waals surface area contributed by atoms with Crippen LogP contribution in [0.4, 0.5) is 11.5 Å². The number of piperidine rings is 1. The number of rotatable bonds is 7. The minimum absolute atomic E-state index is 0.0313. The summed E-state index contributed by atoms with van der Waals surface area (Å²) in [6.07, 6.45) is 4.22. The highest BCUT2D eigenvalue weighted by atomic mass is 32.2. The highest BCUT2D eigenvalue weighted by molar-refractivity contribution is 7.89. The predicted molar refractivity (Wildman–Crippen MR) is 149 cm³/mol. The molecule has 0 unspecified atom stereocenters. The van der Waals surface area contributed by atoms with Crippen molar-refractivity contribution in [2.75, 3.05) is 45.7 Å². The van der Waals surface area contributed by atoms with Gasteiger partial charge in [-0.3, -0.25) is 14.3 Å². The number of pyridine rings is 1. The maximum atomic E-state index is 13.1. The molecule has 2 aromatic heterocycles. The van der Waals surface area contributed by atoms with Gasteiger partial charge >= 0.3 is 0 Å². The summed E-state index contributed by atoms with van der Waals surface area (Å²) in [5.74, 6) is 0.409. The number of nitrogens with zero attached hydrogens (tertiary/aromatic N) is 5. The van der Waals surface area contributed by atoms with E-state index in [1.165, 1.54) is 26.2 Å². The molecule has 0 saturated carbocycles. The minimum atomic E-state index is -3.58. The molecule has 5 rings (SSSR count). The molecule has 2 N–H and O–H groups in total. The first-order valence-electron chi connectivity index (χ1n) is 13.3. The first-order chi connectivity index (χ1) is 19.2. The first kappa shape index (κ1) is 27.8. The van der Waals surface area contributed by atoms with Gasteiger partial charge in [-0.05, 0) is 56.0 Å². The predicted octanol–water partition coefficient (Wildman–Crippen LogP) is 2.38. The summed E-state index contributed by atoms with van der Waals surface area (Å²) < 4.78 is 33.2. The van der Waals surface area contributed by atoms with E-state index in [0.29, 0.717) is 61.6 Å². The smallest absolute Gasteiger partial charge is 0.261 e. The van der Waals surface area contributed by atoms with Crippen LogP contribution in [0.5, 0.6) is 0 Å². The second-order valence-electron chi connectivity index (χ2n) is 10.5. The molecule has 0 spiro atoms. The van der Waals surface area contributed by atoms with Gasteiger partial charge < -0.3 is 19.9 Å². The Morgan fingerprint density at radius 1 is 1.20 bits per heavy atom. The number of ether oxygens (including phenoxy) is 1. The van der Waals surface area contributed by atoms with Crippen LogP contribution in [-0.2, 0) is 25.1 Å². The number of hydrogen-bond acceptors (Lipinski definition) is 8. The number of H-pyrrole nitrogens is 1. The van der Waals surface area contributed by atoms with Crippen LogP contribution in [0.1, 0.15) is 32.1 Å². The van der Waals surface area contributed by atoms with E-state index in [1.54, 1.807) is 29.1 Å². The summed E-state index contributed by atoms with van der Waals surface area (Å²) in [6, 6.07) is 10.3. The monoisotopic (exact) mass is 567 g/mol. The molecule has 0 atom stereocenters. The molecular weight excluding hydrogens is 534 g/mol. The number of nitriles is 1. The number of fused-ring (bicyclic) bond motifs is 1. The molecular formula is C27H33N7O5S. The third kappa shape index (κ3) is 5.10. The van der Waals surface area contributed by atoms with Crippen LogP contribution in [0.3, 0.4) is 0 Å². The number of amides is 1. The number of aromatic nitrogens is 3. The van der Waals surface area contributed by atoms with Crippen LogP contribution in [0.15, 0.2) is 46.2 Å². The molecule has 0 radical (unpaired) electrons. The fraction of sp³-hybridized carbons (Fsp3) is 0.481. The molecule has 40 heavy (non-hydrogen) atoms. The lowest BCUT2D eigenvalue weighted by atomic mass is 9.84. The Morgan fingerprint density at radius 2 is 1.88 bits per heavy atom. The third-order valence-electron chi connectivity index (χ3n) is 7.93. The molecule has 1 amide bonds. The van der Waals surface area contributed by atoms with Gasteiger partial charge in [0.05, 0.1) is 28.4 Å². The Kier molecular flexibility index (Phi) is 7.67. The Balaban J connectivity index is 1.45. The average molecular weight is 568 g/mol. The number of carbonyl (C=O) groups excluding carboxylic acids is 1. The Bertz CT molecular complexity index is 1590. The number of hydrogen-bond donors (Lipinski definition) is 2. The second-order valence-corrected chi connectivity index (χ2v) is 12.7. The summed E-state index contributed by atoms with van der Waals surface area (Å²) in [7, 11) is -0.650. The molecule has 2 aliphatic rings. The van der Waals surface area contributed by atoms with Crippen molar-refractivity contribution >= 4 is 38.3 Å². The van der Waals surface area contributed by atoms with Gasteiger partial charge in [0.1, 0.15) is 5.39 Å². The lowest BCUT2D eigenvalue weighted by Crippen LogP contribution is -2.50. The van der Waals surface area contributed by atoms with E-state index in [2.05, 4.69) is 16.4 Å². The van der Waals surface area contributed by atoms with Gasteiger partial charge in [-0.15, -0.1) is 0 Å². The van der Waals surface area contributed by atoms with Gasteiger partial charge in [-0.1, -0.05) is 0 Å². The van der Waals surface area contributed by atoms with Crippen molar-refractivity contribution in [3.63, 3.8) is 0 Å². The van der Waals surface area contributed by atoms with Gasteiger partial charge in [0.25, 0.3) is 5.56 Å². The van der Waals surface area contributed by atoms with E-state index < -0.39 is 15.6 Å². The lowest BCUT2D eigenvalue weighted by molar-refractivity contribution is -0.140. The van der Waals surface area contributed by atoms with Crippen molar-refractivity contribution in [3.8, 4) is 6.07 Å². The Morgan fingerprint density at radius 3 is 2.50 bits per heavy atom. The summed E-state index contributed by atoms with van der Waals surface area (Å²) in [4.78, 5) is 30.8. The summed E-state index contributed by atoms with van der Waals surface area (Å²) in [5, 5.41) is 18.1. The van der Waals surface area contributed by atoms with E-state index in [1.807, 2.05) is 4.90 Å². The zero-order chi connectivity index (χ0) is 28.5. The maximum Gasteiger partial charge on any atom is 0.261 e. The van der Waals surface area contributed by atoms with Crippen LogP contribution in [0.25, 0.3) is 10.9 Å². The Labute approximate surface area is 232 Å². The van der Waals surface area contributed by atoms with E-state index >= 15 is 0 Å². The molecule has 4 heterocycles. The fourth-order valence-corrected chi connectivity index (χ4v) is 6.44. The number of benzene rings is 1. The third-order valence-corrected chi connectivity index (χ3v) is 9.76. The van der Waals surface area contributed by atoms with E-state index in [9.17, 15) is 23.3 Å². The van der Waals surface area contributed by atoms with E-state index in [0.717, 1.165) is 17.1 Å². The molecule has 13 heteroatoms. The lowest BCUT2D eigenvalue weighted by Gasteiger charge is -2.42. The van der Waals surface area contributed by atoms with Crippen molar-refractivity contribution < 1.29 is 17.9 Å². The maximum absolute atomic E-state index is 13.1. The first-order valence-corrected chi connectivity index (χ1v) is 14.7. The SMILES string of the molecule is CN(C)S(=O)(=O)c1ccc(Nc2nn(C3(CC#N)CCN(C(=O)C4CCOCC4)CC3)c3cc[nH]c(=O)c23)cc1. The standard InChI is InChI=1S/C27H33N7O5S/c1-32(2)40(37,38)21-5-3-20(4-6-21)30-24-23-22(7-14-29-25(23)35)34(31-24)27(10-13-28)11-15-33(16-12-27)26(36)19-8-17-39-18-9-19/h3-7,14,19H,8-12,15-18H2,1-2H3,(H,29,35)(H,30,31). The molecule has 3 aromatic rings. The highest BCUT2D eigenvalue weighted by Gasteiger charge is 2.41. The minimum Gasteiger partial charge on any atom is -0.381 e. The fourth-order valence-electron chi connectivity index (χ4n) is 5.54. The van der Waals surface area contributed by atoms with E-state index in [-0.39, 0.29) is 28.7 Å². The number of likely N-dealkylation sites (tertiary alicyclic amines) is 1. The van der Waals surface area contributed by atoms with Crippen LogP contribution < -0.4 is 10.9 Å². The highest BCUT2D eigenvalue weighted by Crippen LogP contribution is 2.38. The van der Waals surface area contributed by atoms with Crippen molar-refractivity contribution in [2.45, 2.75) is 42.5 Å². The van der Waals surface area contributed by atoms with Gasteiger partial charge in [-0.2, -0.15) is 10.4 Å². The molecule has 12 nitrogen and oxygen atoms in total. The number of sulfonamides is 1. The molecule has 2 aliphatic heterocycles. The zero-order valence-electron chi connectivity index (χ0n) is 22.6. The Hall–Kier alpha value is -3.73. The van der Waals surface area contributed by atoms with Crippen LogP contribution in [0, 0.1) is 17.2 Å². The average Bonchev–Trinajstić information content (AvgIpc) is 3.34. The van der Waals surface area contributed by atoms with Crippen LogP contribution in [-0.4, -0.2) is 78.7 Å². The van der Waals surface area contributed by atoms with Crippen molar-refractivity contribution in [1.82, 2.24) is 24.0 Å². The summed E-state index contributed by atoms with van der Waals surface area (Å²) in [6.45, 7) is 2.18. The largest absolute Gasteiger partial charge is 0.381 e. The molecule has 2 fully saturated rings. The molecule has 212 valence electrons. The van der Waals surface area contributed by atoms with E-state index in [4.69, 9.17) is 9.84 Å². The molecule has 2 saturated heterocycles. The zero-order valence-corrected chi connectivity index (χ0v) is 23.4. The van der Waals surface area contributed by atoms with Gasteiger partial charge in [-0.25, -0.2) is 12.7 Å². The summed E-state index contributed by atoms with van der Waals surface area (Å²) >= 11 is 0. The van der Waals surface area contributed by atoms with Gasteiger partial charge in [0, 0.05) is 58.2 Å². The topological polar surface area (TPSA) is 153 Å². The van der Waals surface area contributed by atoms with Crippen molar-refractivity contribution in [1.29, 1.82) is 5.26 Å². The number of anilines is 2. The molecule has 0 aliphatic carbocycles. The van der Waals surface area contributed by atoms with Gasteiger partial charge in [0.2, 0.25) is 15.9 Å². The summed E-state index contributed by atoms with van der Waals surface area (Å²) in [5.41, 5.74) is 0.102. The molecule has 0 bridgehead atoms.